The Bertz CT molecular complexity index is 554. The zero-order valence-corrected chi connectivity index (χ0v) is 13.2. The van der Waals surface area contributed by atoms with Gasteiger partial charge in [-0.1, -0.05) is 12.1 Å². The van der Waals surface area contributed by atoms with E-state index < -0.39 is 9.84 Å². The van der Waals surface area contributed by atoms with Crippen molar-refractivity contribution in [1.29, 1.82) is 0 Å². The second kappa shape index (κ2) is 5.84. The van der Waals surface area contributed by atoms with Gasteiger partial charge in [0.1, 0.15) is 0 Å². The van der Waals surface area contributed by atoms with Gasteiger partial charge in [-0.25, -0.2) is 8.42 Å². The van der Waals surface area contributed by atoms with Crippen LogP contribution in [0.2, 0.25) is 0 Å². The lowest BCUT2D eigenvalue weighted by Gasteiger charge is -2.29. The Morgan fingerprint density at radius 2 is 1.95 bits per heavy atom. The van der Waals surface area contributed by atoms with E-state index in [4.69, 9.17) is 5.73 Å². The molecule has 0 aliphatic carbocycles. The fourth-order valence-corrected chi connectivity index (χ4v) is 3.70. The number of nitrogens with two attached hydrogens (primary N) is 1. The number of likely N-dealkylation sites (tertiary alicyclic amines) is 1. The molecule has 4 nitrogen and oxygen atoms in total. The molecule has 2 rings (SSSR count). The SMILES string of the molecule is CC1CC(CN)CN1C(C)c1ccc(S(C)(=O)=O)cc1. The van der Waals surface area contributed by atoms with Gasteiger partial charge in [-0.05, 0) is 50.4 Å². The topological polar surface area (TPSA) is 63.4 Å². The number of sulfone groups is 1. The number of nitrogens with zero attached hydrogens (tertiary/aromatic N) is 1. The van der Waals surface area contributed by atoms with Crippen LogP contribution in [0.3, 0.4) is 0 Å². The molecule has 1 heterocycles. The molecule has 0 amide bonds. The predicted octanol–water partition coefficient (Wildman–Crippen LogP) is 1.82. The zero-order valence-electron chi connectivity index (χ0n) is 12.4. The summed E-state index contributed by atoms with van der Waals surface area (Å²) in [7, 11) is -3.12. The van der Waals surface area contributed by atoms with Crippen molar-refractivity contribution in [3.8, 4) is 0 Å². The maximum absolute atomic E-state index is 11.5. The Labute approximate surface area is 121 Å². The van der Waals surface area contributed by atoms with Crippen LogP contribution in [0.5, 0.6) is 0 Å². The van der Waals surface area contributed by atoms with E-state index in [0.717, 1.165) is 25.1 Å². The highest BCUT2D eigenvalue weighted by molar-refractivity contribution is 7.90. The van der Waals surface area contributed by atoms with Gasteiger partial charge in [0.05, 0.1) is 4.90 Å². The van der Waals surface area contributed by atoms with Gasteiger partial charge in [0.2, 0.25) is 0 Å². The molecule has 5 heteroatoms. The Balaban J connectivity index is 2.15. The normalized spacial score (nSPS) is 25.8. The number of hydrogen-bond donors (Lipinski definition) is 1. The van der Waals surface area contributed by atoms with E-state index >= 15 is 0 Å². The summed E-state index contributed by atoms with van der Waals surface area (Å²) in [4.78, 5) is 2.83. The first-order chi connectivity index (χ1) is 9.32. The molecule has 0 saturated carbocycles. The number of rotatable bonds is 4. The van der Waals surface area contributed by atoms with Crippen molar-refractivity contribution in [3.63, 3.8) is 0 Å². The van der Waals surface area contributed by atoms with Crippen LogP contribution < -0.4 is 5.73 Å². The molecule has 2 N–H and O–H groups in total. The second-order valence-corrected chi connectivity index (χ2v) is 7.92. The number of hydrogen-bond acceptors (Lipinski definition) is 4. The minimum Gasteiger partial charge on any atom is -0.330 e. The average molecular weight is 296 g/mol. The quantitative estimate of drug-likeness (QED) is 0.920. The second-order valence-electron chi connectivity index (χ2n) is 5.90. The Kier molecular flexibility index (Phi) is 4.52. The zero-order chi connectivity index (χ0) is 14.9. The summed E-state index contributed by atoms with van der Waals surface area (Å²) in [6.45, 7) is 6.16. The highest BCUT2D eigenvalue weighted by Gasteiger charge is 2.31. The first-order valence-corrected chi connectivity index (χ1v) is 8.98. The number of benzene rings is 1. The third-order valence-electron chi connectivity index (χ3n) is 4.33. The summed E-state index contributed by atoms with van der Waals surface area (Å²) >= 11 is 0. The molecule has 20 heavy (non-hydrogen) atoms. The highest BCUT2D eigenvalue weighted by Crippen LogP contribution is 2.31. The molecule has 112 valence electrons. The summed E-state index contributed by atoms with van der Waals surface area (Å²) in [5.41, 5.74) is 6.93. The molecule has 1 aromatic rings. The molecule has 1 aromatic carbocycles. The fourth-order valence-electron chi connectivity index (χ4n) is 3.07. The van der Waals surface area contributed by atoms with E-state index in [1.54, 1.807) is 12.1 Å². The summed E-state index contributed by atoms with van der Waals surface area (Å²) in [6, 6.07) is 8.04. The van der Waals surface area contributed by atoms with E-state index in [-0.39, 0.29) is 6.04 Å². The maximum atomic E-state index is 11.5. The average Bonchev–Trinajstić information content (AvgIpc) is 2.78. The monoisotopic (exact) mass is 296 g/mol. The molecule has 0 radical (unpaired) electrons. The van der Waals surface area contributed by atoms with E-state index in [1.807, 2.05) is 12.1 Å². The lowest BCUT2D eigenvalue weighted by atomic mass is 10.1. The maximum Gasteiger partial charge on any atom is 0.175 e. The molecule has 3 atom stereocenters. The molecule has 0 spiro atoms. The van der Waals surface area contributed by atoms with Crippen molar-refractivity contribution in [3.05, 3.63) is 29.8 Å². The van der Waals surface area contributed by atoms with Crippen LogP contribution >= 0.6 is 0 Å². The van der Waals surface area contributed by atoms with Crippen molar-refractivity contribution in [1.82, 2.24) is 4.90 Å². The van der Waals surface area contributed by atoms with Crippen LogP contribution in [0, 0.1) is 5.92 Å². The highest BCUT2D eigenvalue weighted by atomic mass is 32.2. The van der Waals surface area contributed by atoms with Crippen molar-refractivity contribution < 1.29 is 8.42 Å². The Morgan fingerprint density at radius 3 is 2.40 bits per heavy atom. The van der Waals surface area contributed by atoms with E-state index in [1.165, 1.54) is 6.26 Å². The van der Waals surface area contributed by atoms with E-state index in [0.29, 0.717) is 16.9 Å². The summed E-state index contributed by atoms with van der Waals surface area (Å²) in [5.74, 6) is 0.572. The van der Waals surface area contributed by atoms with Gasteiger partial charge >= 0.3 is 0 Å². The lowest BCUT2D eigenvalue weighted by Crippen LogP contribution is -2.30. The summed E-state index contributed by atoms with van der Waals surface area (Å²) < 4.78 is 23.0. The van der Waals surface area contributed by atoms with Gasteiger partial charge in [-0.15, -0.1) is 0 Å². The minimum atomic E-state index is -3.12. The lowest BCUT2D eigenvalue weighted by molar-refractivity contribution is 0.200. The van der Waals surface area contributed by atoms with Gasteiger partial charge in [0, 0.05) is 24.9 Å². The molecule has 0 aromatic heterocycles. The molecule has 1 aliphatic heterocycles. The van der Waals surface area contributed by atoms with Crippen LogP contribution in [0.1, 0.15) is 31.9 Å². The van der Waals surface area contributed by atoms with Crippen LogP contribution in [0.15, 0.2) is 29.2 Å². The van der Waals surface area contributed by atoms with E-state index in [9.17, 15) is 8.42 Å². The van der Waals surface area contributed by atoms with Crippen molar-refractivity contribution in [2.45, 2.75) is 37.2 Å². The minimum absolute atomic E-state index is 0.287. The van der Waals surface area contributed by atoms with Crippen LogP contribution in [-0.4, -0.2) is 38.7 Å². The Morgan fingerprint density at radius 1 is 1.35 bits per heavy atom. The smallest absolute Gasteiger partial charge is 0.175 e. The van der Waals surface area contributed by atoms with Crippen LogP contribution in [-0.2, 0) is 9.84 Å². The summed E-state index contributed by atoms with van der Waals surface area (Å²) in [5, 5.41) is 0. The van der Waals surface area contributed by atoms with Crippen molar-refractivity contribution in [2.75, 3.05) is 19.3 Å². The molecule has 0 bridgehead atoms. The standard InChI is InChI=1S/C15H24N2O2S/c1-11-8-13(9-16)10-17(11)12(2)14-4-6-15(7-5-14)20(3,18)19/h4-7,11-13H,8-10,16H2,1-3H3. The Hall–Kier alpha value is -0.910. The van der Waals surface area contributed by atoms with Crippen LogP contribution in [0.25, 0.3) is 0 Å². The molecule has 1 fully saturated rings. The molecular formula is C15H24N2O2S. The van der Waals surface area contributed by atoms with E-state index in [2.05, 4.69) is 18.7 Å². The largest absolute Gasteiger partial charge is 0.330 e. The first kappa shape index (κ1) is 15.5. The third kappa shape index (κ3) is 3.22. The first-order valence-electron chi connectivity index (χ1n) is 7.08. The third-order valence-corrected chi connectivity index (χ3v) is 5.46. The van der Waals surface area contributed by atoms with Gasteiger partial charge in [-0.2, -0.15) is 0 Å². The van der Waals surface area contributed by atoms with Crippen molar-refractivity contribution >= 4 is 9.84 Å². The van der Waals surface area contributed by atoms with Gasteiger partial charge in [0.25, 0.3) is 0 Å². The molecule has 1 aliphatic rings. The predicted molar refractivity (Wildman–Crippen MR) is 81.3 cm³/mol. The van der Waals surface area contributed by atoms with Gasteiger partial charge in [0.15, 0.2) is 9.84 Å². The van der Waals surface area contributed by atoms with Gasteiger partial charge < -0.3 is 5.73 Å². The fraction of sp³-hybridized carbons (Fsp3) is 0.600. The molecule has 1 saturated heterocycles. The summed E-state index contributed by atoms with van der Waals surface area (Å²) in [6.07, 6.45) is 2.38. The van der Waals surface area contributed by atoms with Gasteiger partial charge in [-0.3, -0.25) is 4.90 Å². The molecular weight excluding hydrogens is 272 g/mol. The van der Waals surface area contributed by atoms with Crippen LogP contribution in [0.4, 0.5) is 0 Å². The van der Waals surface area contributed by atoms with Crippen molar-refractivity contribution in [2.24, 2.45) is 11.7 Å². The molecule has 3 unspecified atom stereocenters.